The van der Waals surface area contributed by atoms with E-state index in [4.69, 9.17) is 4.74 Å². The zero-order valence-corrected chi connectivity index (χ0v) is 12.8. The van der Waals surface area contributed by atoms with E-state index >= 15 is 0 Å². The van der Waals surface area contributed by atoms with Gasteiger partial charge in [-0.25, -0.2) is 0 Å². The molecule has 3 nitrogen and oxygen atoms in total. The zero-order chi connectivity index (χ0) is 14.4. The molecule has 19 heavy (non-hydrogen) atoms. The molecule has 2 aliphatic rings. The van der Waals surface area contributed by atoms with E-state index in [9.17, 15) is 9.59 Å². The number of esters is 1. The molecule has 0 aliphatic heterocycles. The van der Waals surface area contributed by atoms with Gasteiger partial charge >= 0.3 is 5.97 Å². The quantitative estimate of drug-likeness (QED) is 0.683. The number of carbonyl (C=O) groups excluding carboxylic acids is 2. The number of fused-ring (bicyclic) bond motifs is 2. The Kier molecular flexibility index (Phi) is 3.53. The lowest BCUT2D eigenvalue weighted by molar-refractivity contribution is -0.170. The maximum atomic E-state index is 12.3. The van der Waals surface area contributed by atoms with Gasteiger partial charge in [0.2, 0.25) is 0 Å². The largest absolute Gasteiger partial charge is 0.461 e. The van der Waals surface area contributed by atoms with Crippen molar-refractivity contribution in [1.29, 1.82) is 0 Å². The van der Waals surface area contributed by atoms with E-state index in [1.54, 1.807) is 0 Å². The maximum Gasteiger partial charge on any atom is 0.311 e. The second kappa shape index (κ2) is 4.60. The highest BCUT2D eigenvalue weighted by Gasteiger charge is 2.48. The van der Waals surface area contributed by atoms with Crippen LogP contribution in [-0.2, 0) is 14.3 Å². The highest BCUT2D eigenvalue weighted by atomic mass is 16.5. The summed E-state index contributed by atoms with van der Waals surface area (Å²) in [5.74, 6) is 0.261. The van der Waals surface area contributed by atoms with E-state index in [1.807, 2.05) is 20.8 Å². The molecule has 2 bridgehead atoms. The Bertz CT molecular complexity index is 389. The molecule has 0 radical (unpaired) electrons. The average Bonchev–Trinajstić information content (AvgIpc) is 2.23. The van der Waals surface area contributed by atoms with Gasteiger partial charge in [-0.05, 0) is 51.9 Å². The summed E-state index contributed by atoms with van der Waals surface area (Å²) in [4.78, 5) is 24.4. The lowest BCUT2D eigenvalue weighted by Crippen LogP contribution is -2.48. The normalized spacial score (nSPS) is 33.9. The Morgan fingerprint density at radius 2 is 1.84 bits per heavy atom. The van der Waals surface area contributed by atoms with Gasteiger partial charge in [0.1, 0.15) is 11.9 Å². The summed E-state index contributed by atoms with van der Waals surface area (Å²) in [5.41, 5.74) is -0.305. The lowest BCUT2D eigenvalue weighted by atomic mass is 9.60. The Morgan fingerprint density at radius 1 is 1.21 bits per heavy atom. The van der Waals surface area contributed by atoms with Crippen molar-refractivity contribution in [2.75, 3.05) is 0 Å². The minimum atomic E-state index is -0.496. The molecule has 0 aromatic heterocycles. The van der Waals surface area contributed by atoms with Gasteiger partial charge in [0, 0.05) is 5.92 Å². The second-order valence-electron chi connectivity index (χ2n) is 8.05. The van der Waals surface area contributed by atoms with Crippen LogP contribution >= 0.6 is 0 Å². The highest BCUT2D eigenvalue weighted by Crippen LogP contribution is 2.47. The molecule has 0 spiro atoms. The summed E-state index contributed by atoms with van der Waals surface area (Å²) in [6, 6.07) is 0. The fraction of sp³-hybridized carbons (Fsp3) is 0.875. The fourth-order valence-electron chi connectivity index (χ4n) is 3.43. The van der Waals surface area contributed by atoms with Crippen LogP contribution in [0.15, 0.2) is 0 Å². The highest BCUT2D eigenvalue weighted by molar-refractivity contribution is 5.86. The van der Waals surface area contributed by atoms with Gasteiger partial charge in [0.15, 0.2) is 0 Å². The molecule has 0 amide bonds. The Balaban J connectivity index is 2.11. The summed E-state index contributed by atoms with van der Waals surface area (Å²) < 4.78 is 5.65. The predicted molar refractivity (Wildman–Crippen MR) is 73.6 cm³/mol. The Morgan fingerprint density at radius 3 is 2.42 bits per heavy atom. The maximum absolute atomic E-state index is 12.3. The lowest BCUT2D eigenvalue weighted by Gasteiger charge is -2.45. The van der Waals surface area contributed by atoms with Crippen LogP contribution in [0, 0.1) is 22.7 Å². The van der Waals surface area contributed by atoms with Crippen LogP contribution in [0.3, 0.4) is 0 Å². The minimum absolute atomic E-state index is 0.0752. The molecule has 3 atom stereocenters. The van der Waals surface area contributed by atoms with Crippen molar-refractivity contribution in [3.8, 4) is 0 Å². The molecule has 0 heterocycles. The van der Waals surface area contributed by atoms with Gasteiger partial charge < -0.3 is 4.74 Å². The first-order valence-corrected chi connectivity index (χ1v) is 7.35. The van der Waals surface area contributed by atoms with E-state index in [1.165, 1.54) is 0 Å². The zero-order valence-electron chi connectivity index (χ0n) is 12.8. The van der Waals surface area contributed by atoms with Crippen LogP contribution in [0.2, 0.25) is 0 Å². The van der Waals surface area contributed by atoms with Crippen LogP contribution in [0.5, 0.6) is 0 Å². The van der Waals surface area contributed by atoms with Gasteiger partial charge in [0.05, 0.1) is 11.3 Å². The summed E-state index contributed by atoms with van der Waals surface area (Å²) in [5, 5.41) is 0. The summed E-state index contributed by atoms with van der Waals surface area (Å²) in [7, 11) is 0. The molecule has 2 rings (SSSR count). The van der Waals surface area contributed by atoms with Crippen molar-refractivity contribution in [3.63, 3.8) is 0 Å². The van der Waals surface area contributed by atoms with Crippen molar-refractivity contribution >= 4 is 11.8 Å². The van der Waals surface area contributed by atoms with Gasteiger partial charge in [-0.3, -0.25) is 9.59 Å². The van der Waals surface area contributed by atoms with Crippen molar-refractivity contribution in [1.82, 2.24) is 0 Å². The predicted octanol–water partition coefficient (Wildman–Crippen LogP) is 3.36. The molecule has 0 aromatic carbocycles. The SMILES string of the molecule is CC1(C)CC2CCC(OC(=O)C(C)(C)C)C(C1)C2=O. The third-order valence-corrected chi connectivity index (χ3v) is 4.46. The van der Waals surface area contributed by atoms with Crippen LogP contribution in [-0.4, -0.2) is 17.9 Å². The molecule has 3 unspecified atom stereocenters. The number of ketones is 1. The third kappa shape index (κ3) is 3.01. The van der Waals surface area contributed by atoms with Gasteiger partial charge in [-0.1, -0.05) is 13.8 Å². The van der Waals surface area contributed by atoms with Crippen molar-refractivity contribution in [2.24, 2.45) is 22.7 Å². The second-order valence-corrected chi connectivity index (χ2v) is 8.05. The topological polar surface area (TPSA) is 43.4 Å². The molecule has 2 fully saturated rings. The number of rotatable bonds is 1. The van der Waals surface area contributed by atoms with Crippen molar-refractivity contribution in [2.45, 2.75) is 66.4 Å². The molecule has 0 saturated heterocycles. The average molecular weight is 266 g/mol. The molecule has 0 aromatic rings. The third-order valence-electron chi connectivity index (χ3n) is 4.46. The van der Waals surface area contributed by atoms with Crippen LogP contribution in [0.1, 0.15) is 60.3 Å². The van der Waals surface area contributed by atoms with Gasteiger partial charge in [0.25, 0.3) is 0 Å². The summed E-state index contributed by atoms with van der Waals surface area (Å²) >= 11 is 0. The molecule has 0 N–H and O–H groups in total. The Hall–Kier alpha value is -0.860. The first kappa shape index (κ1) is 14.5. The minimum Gasteiger partial charge on any atom is -0.461 e. The van der Waals surface area contributed by atoms with E-state index in [0.717, 1.165) is 25.7 Å². The van der Waals surface area contributed by atoms with Crippen LogP contribution < -0.4 is 0 Å². The Labute approximate surface area is 116 Å². The fourth-order valence-corrected chi connectivity index (χ4v) is 3.43. The molecular weight excluding hydrogens is 240 g/mol. The number of ether oxygens (including phenoxy) is 1. The molecular formula is C16H26O3. The number of carbonyl (C=O) groups is 2. The summed E-state index contributed by atoms with van der Waals surface area (Å²) in [6.45, 7) is 10.00. The van der Waals surface area contributed by atoms with E-state index in [2.05, 4.69) is 13.8 Å². The molecule has 3 heteroatoms. The first-order valence-electron chi connectivity index (χ1n) is 7.35. The van der Waals surface area contributed by atoms with Crippen LogP contribution in [0.25, 0.3) is 0 Å². The van der Waals surface area contributed by atoms with Gasteiger partial charge in [-0.15, -0.1) is 0 Å². The number of Topliss-reactive ketones (excluding diaryl/α,β-unsaturated/α-hetero) is 1. The molecule has 108 valence electrons. The van der Waals surface area contributed by atoms with E-state index in [-0.39, 0.29) is 29.3 Å². The number of hydrogen-bond donors (Lipinski definition) is 0. The van der Waals surface area contributed by atoms with E-state index in [0.29, 0.717) is 5.78 Å². The van der Waals surface area contributed by atoms with Crippen molar-refractivity contribution < 1.29 is 14.3 Å². The van der Waals surface area contributed by atoms with E-state index < -0.39 is 5.41 Å². The van der Waals surface area contributed by atoms with Gasteiger partial charge in [-0.2, -0.15) is 0 Å². The van der Waals surface area contributed by atoms with Crippen LogP contribution in [0.4, 0.5) is 0 Å². The smallest absolute Gasteiger partial charge is 0.311 e. The summed E-state index contributed by atoms with van der Waals surface area (Å²) in [6.07, 6.45) is 3.36. The molecule has 2 aliphatic carbocycles. The van der Waals surface area contributed by atoms with Crippen molar-refractivity contribution in [3.05, 3.63) is 0 Å². The molecule has 2 saturated carbocycles. The standard InChI is InChI=1S/C16H26O3/c1-15(2,3)14(18)19-12-7-6-10-8-16(4,5)9-11(12)13(10)17/h10-12H,6-9H2,1-5H3. The number of hydrogen-bond acceptors (Lipinski definition) is 3. The monoisotopic (exact) mass is 266 g/mol. The first-order chi connectivity index (χ1) is 8.60.